The minimum Gasteiger partial charge on any atom is -0.478 e. The molecule has 5 aliphatic rings. The summed E-state index contributed by atoms with van der Waals surface area (Å²) in [5.41, 5.74) is 6.81. The lowest BCUT2D eigenvalue weighted by Gasteiger charge is -2.38. The van der Waals surface area contributed by atoms with E-state index in [0.717, 1.165) is 0 Å². The highest BCUT2D eigenvalue weighted by molar-refractivity contribution is 7.81. The predicted octanol–water partition coefficient (Wildman–Crippen LogP) is 11.3. The Balaban J connectivity index is 1.11. The molecule has 8 aromatic rings. The van der Waals surface area contributed by atoms with Crippen molar-refractivity contribution in [3.8, 4) is 46.0 Å². The first-order valence-electron chi connectivity index (χ1n) is 36.1. The molecule has 584 valence electrons. The zero-order valence-electron chi connectivity index (χ0n) is 60.1. The van der Waals surface area contributed by atoms with Crippen LogP contribution in [0, 0.1) is 0 Å². The van der Waals surface area contributed by atoms with Gasteiger partial charge in [0.25, 0.3) is 0 Å². The molecule has 28 nitrogen and oxygen atoms in total. The standard InChI is InChI=1S/C80H80N8O20S4/c89-25-9-17-41-49-29-50-42(18-10-26-90)52-31-54-44(20-12-28-92)56-32-55-43(19-11-27-91)53-30-51(41)67-58(34-82-78(110)86-62-22-6-2-14-46(62)74(95)96)69(53)105-39-107-71(55)60(36-84-80(112)88-64-24-8-4-16-48(64)76(99)100)72(56)108-40-106-70(54)59(35-83-79(111)87-63-23-7-3-15-47(63)75(97)98)68(52)104-38-102-66(50)57(65(49)101-37-103-67)33-81-77(109)85-61-21-5-1-13-45(61)73(93)94/h1-8,13-16,21-24,29-32,41-44,89-92H,9-12,17-20,25-28,33-40H2,(H,93,94)(H,95,96)(H,97,98)(H,99,100)(H2,81,85,109)(H2,82,86,110)(H2,83,87,111)(H2,84,88,112). The molecule has 0 saturated heterocycles. The average molecular weight is 1600 g/mol. The largest absolute Gasteiger partial charge is 0.478 e. The summed E-state index contributed by atoms with van der Waals surface area (Å²) in [6, 6.07) is 33.2. The van der Waals surface area contributed by atoms with Crippen LogP contribution in [0.25, 0.3) is 0 Å². The van der Waals surface area contributed by atoms with Gasteiger partial charge >= 0.3 is 23.9 Å². The van der Waals surface area contributed by atoms with Crippen molar-refractivity contribution in [2.45, 2.75) is 101 Å². The van der Waals surface area contributed by atoms with Crippen molar-refractivity contribution in [1.29, 1.82) is 0 Å². The Morgan fingerprint density at radius 2 is 0.482 bits per heavy atom. The molecule has 8 aromatic carbocycles. The van der Waals surface area contributed by atoms with Gasteiger partial charge in [0, 0.05) is 121 Å². The molecule has 0 amide bonds. The van der Waals surface area contributed by atoms with Gasteiger partial charge in [0.2, 0.25) is 27.2 Å². The molecule has 1 aliphatic carbocycles. The quantitative estimate of drug-likeness (QED) is 0.0203. The summed E-state index contributed by atoms with van der Waals surface area (Å²) >= 11 is 24.0. The molecule has 0 fully saturated rings. The number of para-hydroxylation sites is 4. The Labute approximate surface area is 663 Å². The molecule has 4 aliphatic heterocycles. The molecule has 0 saturated carbocycles. The van der Waals surface area contributed by atoms with Crippen LogP contribution in [0.1, 0.15) is 183 Å². The molecular formula is C80H80N8O20S4. The summed E-state index contributed by atoms with van der Waals surface area (Å²) in [6.45, 7) is -3.66. The van der Waals surface area contributed by atoms with Crippen LogP contribution in [0.2, 0.25) is 0 Å². The summed E-state index contributed by atoms with van der Waals surface area (Å²) in [6.07, 6.45) is 1.66. The first-order chi connectivity index (χ1) is 54.4. The number of nitrogens with one attached hydrogen (secondary N) is 8. The molecule has 0 aromatic heterocycles. The summed E-state index contributed by atoms with van der Waals surface area (Å²) in [5, 5.41) is 111. The van der Waals surface area contributed by atoms with Gasteiger partial charge in [-0.15, -0.1) is 0 Å². The van der Waals surface area contributed by atoms with E-state index in [2.05, 4.69) is 42.5 Å². The summed E-state index contributed by atoms with van der Waals surface area (Å²) < 4.78 is 56.3. The van der Waals surface area contributed by atoms with Crippen LogP contribution in [0.3, 0.4) is 0 Å². The Bertz CT molecular complexity index is 4280. The topological polar surface area (TPSA) is 400 Å². The van der Waals surface area contributed by atoms with Crippen molar-refractivity contribution in [1.82, 2.24) is 21.3 Å². The number of aromatic carboxylic acids is 4. The first kappa shape index (κ1) is 78.8. The van der Waals surface area contributed by atoms with Crippen LogP contribution in [-0.4, -0.2) is 139 Å². The van der Waals surface area contributed by atoms with Crippen molar-refractivity contribution >= 4 is 116 Å². The SMILES string of the molecule is O=C(O)c1ccccc1NC(=S)NCc1c2c3cc4c1OCOc1c(cc5c(c1CNC(=S)Nc1ccccc1C(=O)O)OCOc1c(cc6c(c1CNC(=S)Nc1ccccc1C(=O)O)OCOc1c(cc(c(c1CNC(=S)Nc1ccccc1C(=O)O)OCO2)C3CCCO)C6CCCO)C5CCCO)C4CCCO. The third-order valence-corrected chi connectivity index (χ3v) is 21.1. The fourth-order valence-electron chi connectivity index (χ4n) is 15.2. The molecule has 4 heterocycles. The normalized spacial score (nSPS) is 15.7. The summed E-state index contributed by atoms with van der Waals surface area (Å²) in [4.78, 5) is 50.3. The smallest absolute Gasteiger partial charge is 0.337 e. The van der Waals surface area contributed by atoms with Crippen LogP contribution in [0.15, 0.2) is 121 Å². The number of carbonyl (C=O) groups is 4. The lowest BCUT2D eigenvalue weighted by molar-refractivity contribution is 0.0687. The van der Waals surface area contributed by atoms with E-state index >= 15 is 0 Å². The first-order valence-corrected chi connectivity index (χ1v) is 37.8. The zero-order valence-corrected chi connectivity index (χ0v) is 63.4. The number of benzene rings is 8. The Kier molecular flexibility index (Phi) is 25.1. The number of anilines is 4. The van der Waals surface area contributed by atoms with Crippen LogP contribution in [-0.2, 0) is 26.2 Å². The minimum atomic E-state index is -1.20. The van der Waals surface area contributed by atoms with E-state index in [-0.39, 0.29) is 215 Å². The van der Waals surface area contributed by atoms with E-state index in [1.54, 1.807) is 72.8 Å². The fraction of sp³-hybridized carbons (Fsp3) is 0.300. The molecular weight excluding hydrogens is 1520 g/mol. The van der Waals surface area contributed by atoms with Crippen LogP contribution >= 0.6 is 48.9 Å². The number of aliphatic hydroxyl groups is 4. The van der Waals surface area contributed by atoms with E-state index in [0.29, 0.717) is 66.8 Å². The minimum absolute atomic E-state index is 0.0184. The van der Waals surface area contributed by atoms with Crippen molar-refractivity contribution in [3.05, 3.63) is 210 Å². The van der Waals surface area contributed by atoms with E-state index in [9.17, 15) is 60.0 Å². The van der Waals surface area contributed by atoms with Crippen LogP contribution in [0.4, 0.5) is 22.7 Å². The molecule has 0 radical (unpaired) electrons. The number of carboxylic acids is 4. The Morgan fingerprint density at radius 3 is 0.652 bits per heavy atom. The molecule has 112 heavy (non-hydrogen) atoms. The number of hydrogen-bond acceptors (Lipinski definition) is 20. The average Bonchev–Trinajstić information content (AvgIpc) is 0.720. The maximum atomic E-state index is 12.6. The molecule has 8 bridgehead atoms. The highest BCUT2D eigenvalue weighted by Gasteiger charge is 2.42. The highest BCUT2D eigenvalue weighted by atomic mass is 32.1. The molecule has 13 rings (SSSR count). The summed E-state index contributed by atoms with van der Waals surface area (Å²) in [7, 11) is 0. The lowest BCUT2D eigenvalue weighted by Crippen LogP contribution is -2.32. The van der Waals surface area contributed by atoms with E-state index in [1.165, 1.54) is 24.3 Å². The van der Waals surface area contributed by atoms with E-state index in [1.807, 2.05) is 24.3 Å². The zero-order chi connectivity index (χ0) is 78.7. The molecule has 32 heteroatoms. The number of rotatable bonds is 28. The van der Waals surface area contributed by atoms with Gasteiger partial charge in [0.15, 0.2) is 20.4 Å². The summed E-state index contributed by atoms with van der Waals surface area (Å²) in [5.74, 6) is -5.81. The lowest BCUT2D eigenvalue weighted by atomic mass is 9.74. The number of hydrogen-bond donors (Lipinski definition) is 16. The molecule has 16 N–H and O–H groups in total. The maximum absolute atomic E-state index is 12.6. The second kappa shape index (κ2) is 35.8. The number of carboxylic acid groups (broad SMARTS) is 4. The Hall–Kier alpha value is -11.4. The monoisotopic (exact) mass is 1600 g/mol. The fourth-order valence-corrected chi connectivity index (χ4v) is 15.9. The van der Waals surface area contributed by atoms with Crippen LogP contribution < -0.4 is 80.4 Å². The van der Waals surface area contributed by atoms with Gasteiger partial charge in [-0.05, 0) is 173 Å². The van der Waals surface area contributed by atoms with Crippen molar-refractivity contribution in [2.24, 2.45) is 0 Å². The second-order valence-electron chi connectivity index (χ2n) is 26.7. The second-order valence-corrected chi connectivity index (χ2v) is 28.3. The van der Waals surface area contributed by atoms with Crippen molar-refractivity contribution in [3.63, 3.8) is 0 Å². The van der Waals surface area contributed by atoms with Gasteiger partial charge in [0.05, 0.1) is 67.3 Å². The molecule has 0 unspecified atom stereocenters. The maximum Gasteiger partial charge on any atom is 0.337 e. The third kappa shape index (κ3) is 16.8. The van der Waals surface area contributed by atoms with E-state index < -0.39 is 74.7 Å². The van der Waals surface area contributed by atoms with Gasteiger partial charge in [-0.2, -0.15) is 0 Å². The van der Waals surface area contributed by atoms with Crippen molar-refractivity contribution in [2.75, 3.05) is 74.9 Å². The van der Waals surface area contributed by atoms with Gasteiger partial charge in [-0.25, -0.2) is 19.2 Å². The highest BCUT2D eigenvalue weighted by Crippen LogP contribution is 2.59. The van der Waals surface area contributed by atoms with Crippen molar-refractivity contribution < 1.29 is 97.9 Å². The van der Waals surface area contributed by atoms with Gasteiger partial charge in [-0.1, -0.05) is 48.5 Å². The number of aliphatic hydroxyl groups excluding tert-OH is 4. The predicted molar refractivity (Wildman–Crippen MR) is 429 cm³/mol. The Morgan fingerprint density at radius 1 is 0.304 bits per heavy atom. The third-order valence-electron chi connectivity index (χ3n) is 20.1. The number of ether oxygens (including phenoxy) is 8. The van der Waals surface area contributed by atoms with Gasteiger partial charge < -0.3 is 121 Å². The van der Waals surface area contributed by atoms with Gasteiger partial charge in [0.1, 0.15) is 46.0 Å². The van der Waals surface area contributed by atoms with Crippen LogP contribution in [0.5, 0.6) is 46.0 Å². The molecule has 0 atom stereocenters. The van der Waals surface area contributed by atoms with E-state index in [4.69, 9.17) is 86.8 Å². The molecule has 0 spiro atoms. The van der Waals surface area contributed by atoms with Gasteiger partial charge in [-0.3, -0.25) is 0 Å². The number of thiocarbonyl (C=S) groups is 4.